The molecule has 0 aliphatic carbocycles. The Hall–Kier alpha value is -0.890. The molecule has 4 atom stereocenters. The molecule has 0 radical (unpaired) electrons. The van der Waals surface area contributed by atoms with Crippen molar-refractivity contribution in [2.45, 2.75) is 37.9 Å². The third-order valence-electron chi connectivity index (χ3n) is 3.71. The van der Waals surface area contributed by atoms with Crippen LogP contribution in [0.1, 0.15) is 13.3 Å². The number of morpholine rings is 1. The lowest BCUT2D eigenvalue weighted by molar-refractivity contribution is -0.228. The minimum atomic E-state index is -1.24. The molecule has 0 aromatic carbocycles. The lowest BCUT2D eigenvalue weighted by atomic mass is 9.99. The van der Waals surface area contributed by atoms with Crippen LogP contribution in [0.5, 0.6) is 0 Å². The summed E-state index contributed by atoms with van der Waals surface area (Å²) in [6, 6.07) is -0.581. The lowest BCUT2D eigenvalue weighted by Crippen LogP contribution is -2.58. The fourth-order valence-electron chi connectivity index (χ4n) is 2.55. The van der Waals surface area contributed by atoms with E-state index < -0.39 is 18.4 Å². The van der Waals surface area contributed by atoms with E-state index in [0.29, 0.717) is 32.7 Å². The topological polar surface area (TPSA) is 82.5 Å². The molecule has 0 aromatic rings. The summed E-state index contributed by atoms with van der Waals surface area (Å²) in [5, 5.41) is 19.6. The summed E-state index contributed by atoms with van der Waals surface area (Å²) in [5.41, 5.74) is 0. The zero-order valence-electron chi connectivity index (χ0n) is 11.4. The van der Waals surface area contributed by atoms with E-state index in [4.69, 9.17) is 9.47 Å². The average Bonchev–Trinajstić information content (AvgIpc) is 2.42. The van der Waals surface area contributed by atoms with E-state index in [1.807, 2.05) is 6.92 Å². The van der Waals surface area contributed by atoms with Crippen molar-refractivity contribution in [3.05, 3.63) is 0 Å². The molecule has 2 aliphatic rings. The van der Waals surface area contributed by atoms with Crippen LogP contribution < -0.4 is 0 Å². The second-order valence-electron chi connectivity index (χ2n) is 5.12. The van der Waals surface area contributed by atoms with E-state index in [0.717, 1.165) is 0 Å². The van der Waals surface area contributed by atoms with E-state index in [-0.39, 0.29) is 12.1 Å². The fourth-order valence-corrected chi connectivity index (χ4v) is 2.55. The van der Waals surface area contributed by atoms with Gasteiger partial charge in [0.15, 0.2) is 6.29 Å². The van der Waals surface area contributed by atoms with Gasteiger partial charge in [-0.05, 0) is 13.3 Å². The maximum absolute atomic E-state index is 12.3. The van der Waals surface area contributed by atoms with Crippen molar-refractivity contribution < 1.29 is 24.5 Å². The molecule has 7 heteroatoms. The first-order valence-electron chi connectivity index (χ1n) is 6.61. The van der Waals surface area contributed by atoms with Gasteiger partial charge in [-0.25, -0.2) is 4.79 Å². The summed E-state index contributed by atoms with van der Waals surface area (Å²) in [6.07, 6.45) is -2.01. The lowest BCUT2D eigenvalue weighted by Gasteiger charge is -2.42. The van der Waals surface area contributed by atoms with Crippen molar-refractivity contribution in [2.75, 3.05) is 33.4 Å². The van der Waals surface area contributed by atoms with Crippen LogP contribution >= 0.6 is 0 Å². The molecule has 19 heavy (non-hydrogen) atoms. The summed E-state index contributed by atoms with van der Waals surface area (Å²) in [6.45, 7) is 4.00. The van der Waals surface area contributed by atoms with E-state index >= 15 is 0 Å². The number of rotatable bonds is 1. The van der Waals surface area contributed by atoms with Crippen molar-refractivity contribution >= 4 is 6.03 Å². The minimum absolute atomic E-state index is 0.145. The first-order valence-corrected chi connectivity index (χ1v) is 6.61. The third kappa shape index (κ3) is 3.17. The molecule has 2 rings (SSSR count). The summed E-state index contributed by atoms with van der Waals surface area (Å²) in [7, 11) is 1.65. The Bertz CT molecular complexity index is 321. The summed E-state index contributed by atoms with van der Waals surface area (Å²) < 4.78 is 10.3. The van der Waals surface area contributed by atoms with Crippen LogP contribution in [0, 0.1) is 0 Å². The predicted octanol–water partition coefficient (Wildman–Crippen LogP) is -0.773. The van der Waals surface area contributed by atoms with Crippen LogP contribution in [0.15, 0.2) is 0 Å². The number of amides is 2. The second kappa shape index (κ2) is 6.04. The molecule has 0 aromatic heterocycles. The van der Waals surface area contributed by atoms with E-state index in [1.54, 1.807) is 11.9 Å². The molecule has 0 saturated carbocycles. The van der Waals surface area contributed by atoms with Crippen LogP contribution in [0.2, 0.25) is 0 Å². The van der Waals surface area contributed by atoms with Crippen molar-refractivity contribution in [1.82, 2.24) is 9.80 Å². The Kier molecular flexibility index (Phi) is 4.62. The minimum Gasteiger partial charge on any atom is -0.386 e. The van der Waals surface area contributed by atoms with Gasteiger partial charge in [0.05, 0.1) is 25.4 Å². The van der Waals surface area contributed by atoms with Gasteiger partial charge in [0.2, 0.25) is 0 Å². The van der Waals surface area contributed by atoms with Crippen molar-refractivity contribution in [3.63, 3.8) is 0 Å². The quantitative estimate of drug-likeness (QED) is 0.656. The molecule has 2 heterocycles. The Balaban J connectivity index is 2.00. The number of aliphatic hydroxyl groups is 2. The van der Waals surface area contributed by atoms with Crippen LogP contribution in [0.3, 0.4) is 0 Å². The molecule has 2 N–H and O–H groups in total. The molecule has 7 nitrogen and oxygen atoms in total. The van der Waals surface area contributed by atoms with Gasteiger partial charge in [0, 0.05) is 20.1 Å². The number of hydrogen-bond acceptors (Lipinski definition) is 5. The Morgan fingerprint density at radius 2 is 1.95 bits per heavy atom. The van der Waals surface area contributed by atoms with Gasteiger partial charge < -0.3 is 29.5 Å². The molecular formula is C12H22N2O5. The van der Waals surface area contributed by atoms with Gasteiger partial charge in [0.1, 0.15) is 6.10 Å². The number of urea groups is 1. The predicted molar refractivity (Wildman–Crippen MR) is 66.5 cm³/mol. The van der Waals surface area contributed by atoms with Crippen molar-refractivity contribution in [3.8, 4) is 0 Å². The summed E-state index contributed by atoms with van der Waals surface area (Å²) >= 11 is 0. The van der Waals surface area contributed by atoms with Gasteiger partial charge in [-0.3, -0.25) is 0 Å². The third-order valence-corrected chi connectivity index (χ3v) is 3.71. The molecule has 2 fully saturated rings. The van der Waals surface area contributed by atoms with E-state index in [2.05, 4.69) is 0 Å². The largest absolute Gasteiger partial charge is 0.386 e. The highest BCUT2D eigenvalue weighted by Gasteiger charge is 2.39. The fraction of sp³-hybridized carbons (Fsp3) is 0.917. The van der Waals surface area contributed by atoms with Crippen molar-refractivity contribution in [1.29, 1.82) is 0 Å². The maximum atomic E-state index is 12.3. The highest BCUT2D eigenvalue weighted by atomic mass is 16.6. The van der Waals surface area contributed by atoms with Gasteiger partial charge >= 0.3 is 6.03 Å². The molecule has 110 valence electrons. The SMILES string of the molecule is C[C@@H]1C[C@H](N(C)C(=O)N2CCOCC2)[C@@H](O)C(O)O1. The van der Waals surface area contributed by atoms with Crippen LogP contribution in [0.25, 0.3) is 0 Å². The Labute approximate surface area is 112 Å². The standard InChI is InChI=1S/C12H22N2O5/c1-8-7-9(10(15)11(16)19-8)13(2)12(17)14-3-5-18-6-4-14/h8-11,15-16H,3-7H2,1-2H3/t8-,9+,10-,11?/m1/s1. The molecule has 0 spiro atoms. The van der Waals surface area contributed by atoms with Crippen LogP contribution in [-0.2, 0) is 9.47 Å². The zero-order valence-corrected chi connectivity index (χ0v) is 11.4. The highest BCUT2D eigenvalue weighted by molar-refractivity contribution is 5.74. The number of aliphatic hydroxyl groups excluding tert-OH is 2. The van der Waals surface area contributed by atoms with Gasteiger partial charge in [0.25, 0.3) is 0 Å². The number of carbonyl (C=O) groups is 1. The molecule has 1 unspecified atom stereocenters. The van der Waals surface area contributed by atoms with Gasteiger partial charge in [-0.1, -0.05) is 0 Å². The number of ether oxygens (including phenoxy) is 2. The van der Waals surface area contributed by atoms with E-state index in [1.165, 1.54) is 4.90 Å². The maximum Gasteiger partial charge on any atom is 0.320 e. The summed E-state index contributed by atoms with van der Waals surface area (Å²) in [4.78, 5) is 15.5. The van der Waals surface area contributed by atoms with Crippen LogP contribution in [0.4, 0.5) is 4.79 Å². The summed E-state index contributed by atoms with van der Waals surface area (Å²) in [5.74, 6) is 0. The smallest absolute Gasteiger partial charge is 0.320 e. The zero-order chi connectivity index (χ0) is 14.0. The molecule has 2 aliphatic heterocycles. The Morgan fingerprint density at radius 1 is 1.32 bits per heavy atom. The van der Waals surface area contributed by atoms with Gasteiger partial charge in [-0.2, -0.15) is 0 Å². The first-order chi connectivity index (χ1) is 9.00. The monoisotopic (exact) mass is 274 g/mol. The van der Waals surface area contributed by atoms with Crippen molar-refractivity contribution in [2.24, 2.45) is 0 Å². The average molecular weight is 274 g/mol. The van der Waals surface area contributed by atoms with E-state index in [9.17, 15) is 15.0 Å². The highest BCUT2D eigenvalue weighted by Crippen LogP contribution is 2.23. The molecule has 0 bridgehead atoms. The second-order valence-corrected chi connectivity index (χ2v) is 5.12. The number of nitrogens with zero attached hydrogens (tertiary/aromatic N) is 2. The number of hydrogen-bond donors (Lipinski definition) is 2. The van der Waals surface area contributed by atoms with Gasteiger partial charge in [-0.15, -0.1) is 0 Å². The van der Waals surface area contributed by atoms with Crippen LogP contribution in [-0.4, -0.2) is 83.9 Å². The number of carbonyl (C=O) groups excluding carboxylic acids is 1. The Morgan fingerprint density at radius 3 is 2.58 bits per heavy atom. The number of likely N-dealkylation sites (N-methyl/N-ethyl adjacent to an activating group) is 1. The first kappa shape index (κ1) is 14.5. The molecular weight excluding hydrogens is 252 g/mol. The molecule has 2 saturated heterocycles. The normalized spacial score (nSPS) is 36.1. The molecule has 2 amide bonds.